The predicted molar refractivity (Wildman–Crippen MR) is 69.5 cm³/mol. The topological polar surface area (TPSA) is 63.5 Å². The molecule has 5 nitrogen and oxygen atoms in total. The van der Waals surface area contributed by atoms with Gasteiger partial charge in [-0.05, 0) is 5.56 Å². The number of halogens is 1. The van der Waals surface area contributed by atoms with Gasteiger partial charge in [-0.15, -0.1) is 11.6 Å². The minimum absolute atomic E-state index is 0.0266. The first-order chi connectivity index (χ1) is 8.45. The fraction of sp³-hybridized carbons (Fsp3) is 0.417. The number of nitro groups is 1. The van der Waals surface area contributed by atoms with E-state index in [1.165, 1.54) is 17.0 Å². The van der Waals surface area contributed by atoms with Crippen molar-refractivity contribution in [3.8, 4) is 0 Å². The number of nitro benzene ring substituents is 1. The Bertz CT molecular complexity index is 451. The average Bonchev–Trinajstić information content (AvgIpc) is 2.37. The Balaban J connectivity index is 2.75. The van der Waals surface area contributed by atoms with E-state index in [-0.39, 0.29) is 23.4 Å². The first-order valence-electron chi connectivity index (χ1n) is 5.50. The van der Waals surface area contributed by atoms with Crippen molar-refractivity contribution in [2.75, 3.05) is 12.9 Å². The number of alkyl halides is 1. The third-order valence-corrected chi connectivity index (χ3v) is 3.03. The van der Waals surface area contributed by atoms with Crippen LogP contribution < -0.4 is 0 Å². The van der Waals surface area contributed by atoms with Gasteiger partial charge in [0.05, 0.1) is 4.92 Å². The summed E-state index contributed by atoms with van der Waals surface area (Å²) in [6.07, 6.45) is 0. The van der Waals surface area contributed by atoms with Crippen LogP contribution in [0.4, 0.5) is 5.69 Å². The van der Waals surface area contributed by atoms with E-state index in [1.807, 2.05) is 0 Å². The summed E-state index contributed by atoms with van der Waals surface area (Å²) in [5.41, 5.74) is 0.751. The largest absolute Gasteiger partial charge is 0.341 e. The molecule has 0 heterocycles. The van der Waals surface area contributed by atoms with E-state index in [1.54, 1.807) is 26.1 Å². The predicted octanol–water partition coefficient (Wildman–Crippen LogP) is 2.43. The third-order valence-electron chi connectivity index (χ3n) is 2.57. The van der Waals surface area contributed by atoms with Crippen molar-refractivity contribution < 1.29 is 9.72 Å². The van der Waals surface area contributed by atoms with E-state index in [4.69, 9.17) is 11.6 Å². The standard InChI is InChI=1S/C12H15ClN2O3/c1-9(7-13)12(16)14(2)8-10-4-3-5-11(6-10)15(17)18/h3-6,9H,7-8H2,1-2H3. The van der Waals surface area contributed by atoms with E-state index in [2.05, 4.69) is 0 Å². The Morgan fingerprint density at radius 2 is 2.22 bits per heavy atom. The van der Waals surface area contributed by atoms with Gasteiger partial charge in [0.15, 0.2) is 0 Å². The first-order valence-corrected chi connectivity index (χ1v) is 6.03. The molecule has 0 aromatic heterocycles. The Labute approximate surface area is 110 Å². The summed E-state index contributed by atoms with van der Waals surface area (Å²) in [5.74, 6) is -0.0650. The summed E-state index contributed by atoms with van der Waals surface area (Å²) >= 11 is 5.62. The third kappa shape index (κ3) is 3.70. The van der Waals surface area contributed by atoms with Crippen LogP contribution in [-0.2, 0) is 11.3 Å². The maximum atomic E-state index is 11.8. The van der Waals surface area contributed by atoms with E-state index in [0.717, 1.165) is 5.56 Å². The van der Waals surface area contributed by atoms with Crippen molar-refractivity contribution in [3.63, 3.8) is 0 Å². The lowest BCUT2D eigenvalue weighted by Crippen LogP contribution is -2.31. The number of benzene rings is 1. The van der Waals surface area contributed by atoms with Crippen LogP contribution in [0.1, 0.15) is 12.5 Å². The number of nitrogens with zero attached hydrogens (tertiary/aromatic N) is 2. The number of hydrogen-bond acceptors (Lipinski definition) is 3. The van der Waals surface area contributed by atoms with Crippen molar-refractivity contribution in [3.05, 3.63) is 39.9 Å². The van der Waals surface area contributed by atoms with Crippen LogP contribution in [0.15, 0.2) is 24.3 Å². The molecule has 0 fully saturated rings. The summed E-state index contributed by atoms with van der Waals surface area (Å²) in [7, 11) is 1.66. The number of hydrogen-bond donors (Lipinski definition) is 0. The monoisotopic (exact) mass is 270 g/mol. The highest BCUT2D eigenvalue weighted by Crippen LogP contribution is 2.15. The van der Waals surface area contributed by atoms with Crippen LogP contribution in [-0.4, -0.2) is 28.7 Å². The van der Waals surface area contributed by atoms with E-state index >= 15 is 0 Å². The van der Waals surface area contributed by atoms with Crippen LogP contribution in [0, 0.1) is 16.0 Å². The molecular weight excluding hydrogens is 256 g/mol. The van der Waals surface area contributed by atoms with Crippen molar-refractivity contribution in [2.45, 2.75) is 13.5 Å². The van der Waals surface area contributed by atoms with Crippen LogP contribution in [0.5, 0.6) is 0 Å². The molecule has 0 radical (unpaired) electrons. The van der Waals surface area contributed by atoms with Crippen LogP contribution in [0.25, 0.3) is 0 Å². The molecule has 18 heavy (non-hydrogen) atoms. The maximum Gasteiger partial charge on any atom is 0.269 e. The van der Waals surface area contributed by atoms with Crippen LogP contribution >= 0.6 is 11.6 Å². The summed E-state index contributed by atoms with van der Waals surface area (Å²) in [5, 5.41) is 10.6. The number of amides is 1. The second-order valence-electron chi connectivity index (χ2n) is 4.18. The molecule has 0 bridgehead atoms. The molecular formula is C12H15ClN2O3. The normalized spacial score (nSPS) is 11.9. The SMILES string of the molecule is CC(CCl)C(=O)N(C)Cc1cccc([N+](=O)[O-])c1. The zero-order valence-electron chi connectivity index (χ0n) is 10.3. The molecule has 6 heteroatoms. The van der Waals surface area contributed by atoms with Gasteiger partial charge in [0.25, 0.3) is 5.69 Å². The second kappa shape index (κ2) is 6.35. The lowest BCUT2D eigenvalue weighted by Gasteiger charge is -2.20. The van der Waals surface area contributed by atoms with E-state index in [0.29, 0.717) is 6.54 Å². The highest BCUT2D eigenvalue weighted by molar-refractivity contribution is 6.19. The summed E-state index contributed by atoms with van der Waals surface area (Å²) in [4.78, 5) is 23.5. The molecule has 1 aromatic carbocycles. The zero-order chi connectivity index (χ0) is 13.7. The molecule has 1 aromatic rings. The summed E-state index contributed by atoms with van der Waals surface area (Å²) in [6, 6.07) is 6.25. The van der Waals surface area contributed by atoms with E-state index < -0.39 is 4.92 Å². The van der Waals surface area contributed by atoms with Crippen LogP contribution in [0.3, 0.4) is 0 Å². The Hall–Kier alpha value is -1.62. The van der Waals surface area contributed by atoms with Gasteiger partial charge in [0, 0.05) is 37.5 Å². The average molecular weight is 271 g/mol. The Morgan fingerprint density at radius 1 is 1.56 bits per heavy atom. The fourth-order valence-electron chi connectivity index (χ4n) is 1.56. The van der Waals surface area contributed by atoms with Gasteiger partial charge >= 0.3 is 0 Å². The lowest BCUT2D eigenvalue weighted by molar-refractivity contribution is -0.384. The maximum absolute atomic E-state index is 11.8. The van der Waals surface area contributed by atoms with Gasteiger partial charge < -0.3 is 4.90 Å². The number of non-ortho nitro benzene ring substituents is 1. The molecule has 1 rings (SSSR count). The lowest BCUT2D eigenvalue weighted by atomic mass is 10.1. The Morgan fingerprint density at radius 3 is 2.78 bits per heavy atom. The molecule has 0 saturated heterocycles. The minimum Gasteiger partial charge on any atom is -0.341 e. The summed E-state index contributed by atoms with van der Waals surface area (Å²) < 4.78 is 0. The number of rotatable bonds is 5. The van der Waals surface area contributed by atoms with Gasteiger partial charge in [0.1, 0.15) is 0 Å². The van der Waals surface area contributed by atoms with Gasteiger partial charge in [-0.3, -0.25) is 14.9 Å². The molecule has 0 N–H and O–H groups in total. The van der Waals surface area contributed by atoms with Gasteiger partial charge in [-0.2, -0.15) is 0 Å². The molecule has 1 amide bonds. The van der Waals surface area contributed by atoms with Crippen LogP contribution in [0.2, 0.25) is 0 Å². The molecule has 1 atom stereocenters. The first kappa shape index (κ1) is 14.4. The van der Waals surface area contributed by atoms with Crippen molar-refractivity contribution in [1.29, 1.82) is 0 Å². The quantitative estimate of drug-likeness (QED) is 0.469. The zero-order valence-corrected chi connectivity index (χ0v) is 11.1. The number of carbonyl (C=O) groups excluding carboxylic acids is 1. The molecule has 0 aliphatic rings. The highest BCUT2D eigenvalue weighted by atomic mass is 35.5. The van der Waals surface area contributed by atoms with Crippen molar-refractivity contribution >= 4 is 23.2 Å². The molecule has 98 valence electrons. The Kier molecular flexibility index (Phi) is 5.09. The molecule has 0 saturated carbocycles. The fourth-order valence-corrected chi connectivity index (χ4v) is 1.69. The summed E-state index contributed by atoms with van der Waals surface area (Å²) in [6.45, 7) is 2.08. The molecule has 0 aliphatic heterocycles. The minimum atomic E-state index is -0.452. The van der Waals surface area contributed by atoms with Gasteiger partial charge in [-0.1, -0.05) is 19.1 Å². The second-order valence-corrected chi connectivity index (χ2v) is 4.49. The van der Waals surface area contributed by atoms with Crippen molar-refractivity contribution in [1.82, 2.24) is 4.90 Å². The van der Waals surface area contributed by atoms with Gasteiger partial charge in [0.2, 0.25) is 5.91 Å². The van der Waals surface area contributed by atoms with Gasteiger partial charge in [-0.25, -0.2) is 0 Å². The number of carbonyl (C=O) groups is 1. The van der Waals surface area contributed by atoms with Crippen molar-refractivity contribution in [2.24, 2.45) is 5.92 Å². The molecule has 0 aliphatic carbocycles. The molecule has 0 spiro atoms. The highest BCUT2D eigenvalue weighted by Gasteiger charge is 2.17. The smallest absolute Gasteiger partial charge is 0.269 e. The van der Waals surface area contributed by atoms with E-state index in [9.17, 15) is 14.9 Å². The molecule has 1 unspecified atom stereocenters.